The molecule has 2 amide bonds. The average molecular weight is 323 g/mol. The normalized spacial score (nSPS) is 10.3. The van der Waals surface area contributed by atoms with E-state index in [2.05, 4.69) is 10.6 Å². The molecule has 2 N–H and O–H groups in total. The van der Waals surface area contributed by atoms with Crippen molar-refractivity contribution in [2.75, 3.05) is 5.32 Å². The van der Waals surface area contributed by atoms with E-state index >= 15 is 0 Å². The van der Waals surface area contributed by atoms with Crippen LogP contribution >= 0.6 is 23.2 Å². The molecule has 2 rings (SSSR count). The first-order valence-corrected chi connectivity index (χ1v) is 7.28. The summed E-state index contributed by atoms with van der Waals surface area (Å²) in [6.07, 6.45) is 0. The minimum absolute atomic E-state index is 0.316. The SMILES string of the molecule is Cc1cc(C)c(NC(=O)NCc2ccccc2Cl)c(Cl)c1. The van der Waals surface area contributed by atoms with Crippen molar-refractivity contribution in [1.82, 2.24) is 5.32 Å². The second-order valence-electron chi connectivity index (χ2n) is 4.84. The molecule has 0 fully saturated rings. The number of amides is 2. The fourth-order valence-electron chi connectivity index (χ4n) is 2.05. The minimum Gasteiger partial charge on any atom is -0.334 e. The number of aryl methyl sites for hydroxylation is 2. The predicted octanol–water partition coefficient (Wildman–Crippen LogP) is 4.93. The second-order valence-corrected chi connectivity index (χ2v) is 5.65. The Hall–Kier alpha value is -1.71. The molecule has 2 aromatic rings. The van der Waals surface area contributed by atoms with Crippen molar-refractivity contribution < 1.29 is 4.79 Å². The van der Waals surface area contributed by atoms with Gasteiger partial charge in [0.2, 0.25) is 0 Å². The fourth-order valence-corrected chi connectivity index (χ4v) is 2.62. The smallest absolute Gasteiger partial charge is 0.319 e. The van der Waals surface area contributed by atoms with Gasteiger partial charge in [0.05, 0.1) is 10.7 Å². The summed E-state index contributed by atoms with van der Waals surface area (Å²) in [5.74, 6) is 0. The van der Waals surface area contributed by atoms with Crippen LogP contribution in [-0.4, -0.2) is 6.03 Å². The monoisotopic (exact) mass is 322 g/mol. The predicted molar refractivity (Wildman–Crippen MR) is 88.2 cm³/mol. The van der Waals surface area contributed by atoms with Gasteiger partial charge in [-0.2, -0.15) is 0 Å². The molecule has 0 atom stereocenters. The Morgan fingerprint density at radius 2 is 1.81 bits per heavy atom. The summed E-state index contributed by atoms with van der Waals surface area (Å²) < 4.78 is 0. The van der Waals surface area contributed by atoms with Crippen LogP contribution < -0.4 is 10.6 Å². The minimum atomic E-state index is -0.316. The van der Waals surface area contributed by atoms with Crippen LogP contribution in [-0.2, 0) is 6.54 Å². The number of nitrogens with one attached hydrogen (secondary N) is 2. The molecule has 0 saturated heterocycles. The third-order valence-electron chi connectivity index (χ3n) is 3.07. The first kappa shape index (κ1) is 15.7. The van der Waals surface area contributed by atoms with Crippen LogP contribution in [0.3, 0.4) is 0 Å². The quantitative estimate of drug-likeness (QED) is 0.826. The molecular formula is C16H16Cl2N2O. The number of halogens is 2. The molecule has 5 heteroatoms. The summed E-state index contributed by atoms with van der Waals surface area (Å²) >= 11 is 12.2. The summed E-state index contributed by atoms with van der Waals surface area (Å²) in [7, 11) is 0. The first-order chi connectivity index (χ1) is 9.97. The zero-order valence-corrected chi connectivity index (χ0v) is 13.3. The Balaban J connectivity index is 2.01. The van der Waals surface area contributed by atoms with Crippen molar-refractivity contribution >= 4 is 34.9 Å². The molecule has 0 aromatic heterocycles. The number of urea groups is 1. The lowest BCUT2D eigenvalue weighted by atomic mass is 10.1. The Morgan fingerprint density at radius 3 is 2.48 bits per heavy atom. The molecule has 0 saturated carbocycles. The van der Waals surface area contributed by atoms with Gasteiger partial charge in [-0.05, 0) is 42.7 Å². The van der Waals surface area contributed by atoms with E-state index in [1.807, 2.05) is 44.2 Å². The molecule has 110 valence electrons. The van der Waals surface area contributed by atoms with E-state index < -0.39 is 0 Å². The van der Waals surface area contributed by atoms with E-state index in [0.29, 0.717) is 22.3 Å². The van der Waals surface area contributed by atoms with E-state index in [4.69, 9.17) is 23.2 Å². The molecule has 0 radical (unpaired) electrons. The van der Waals surface area contributed by atoms with Gasteiger partial charge in [0, 0.05) is 11.6 Å². The third-order valence-corrected chi connectivity index (χ3v) is 3.73. The van der Waals surface area contributed by atoms with Gasteiger partial charge in [0.1, 0.15) is 0 Å². The highest BCUT2D eigenvalue weighted by Gasteiger charge is 2.09. The van der Waals surface area contributed by atoms with E-state index in [1.165, 1.54) is 0 Å². The van der Waals surface area contributed by atoms with Gasteiger partial charge >= 0.3 is 6.03 Å². The number of rotatable bonds is 3. The maximum Gasteiger partial charge on any atom is 0.319 e. The van der Waals surface area contributed by atoms with Crippen LogP contribution in [0.15, 0.2) is 36.4 Å². The topological polar surface area (TPSA) is 41.1 Å². The highest BCUT2D eigenvalue weighted by atomic mass is 35.5. The summed E-state index contributed by atoms with van der Waals surface area (Å²) in [5, 5.41) is 6.69. The van der Waals surface area contributed by atoms with Crippen molar-refractivity contribution in [1.29, 1.82) is 0 Å². The maximum atomic E-state index is 12.0. The van der Waals surface area contributed by atoms with Gasteiger partial charge < -0.3 is 10.6 Å². The third kappa shape index (κ3) is 4.13. The lowest BCUT2D eigenvalue weighted by molar-refractivity contribution is 0.251. The van der Waals surface area contributed by atoms with Gasteiger partial charge in [-0.1, -0.05) is 47.5 Å². The number of carbonyl (C=O) groups excluding carboxylic acids is 1. The van der Waals surface area contributed by atoms with Gasteiger partial charge in [0.25, 0.3) is 0 Å². The Bertz CT molecular complexity index is 648. The summed E-state index contributed by atoms with van der Waals surface area (Å²) in [4.78, 5) is 12.0. The Morgan fingerprint density at radius 1 is 1.10 bits per heavy atom. The maximum absolute atomic E-state index is 12.0. The van der Waals surface area contributed by atoms with E-state index in [9.17, 15) is 4.79 Å². The molecule has 0 heterocycles. The number of hydrogen-bond donors (Lipinski definition) is 2. The molecule has 0 aliphatic rings. The first-order valence-electron chi connectivity index (χ1n) is 6.52. The zero-order valence-electron chi connectivity index (χ0n) is 11.8. The van der Waals surface area contributed by atoms with Crippen LogP contribution in [0, 0.1) is 13.8 Å². The molecule has 3 nitrogen and oxygen atoms in total. The number of benzene rings is 2. The lowest BCUT2D eigenvalue weighted by Crippen LogP contribution is -2.28. The van der Waals surface area contributed by atoms with Gasteiger partial charge in [-0.15, -0.1) is 0 Å². The van der Waals surface area contributed by atoms with Crippen LogP contribution in [0.5, 0.6) is 0 Å². The van der Waals surface area contributed by atoms with E-state index in [1.54, 1.807) is 6.07 Å². The summed E-state index contributed by atoms with van der Waals surface area (Å²) in [6, 6.07) is 10.9. The highest BCUT2D eigenvalue weighted by Crippen LogP contribution is 2.27. The van der Waals surface area contributed by atoms with Crippen LogP contribution in [0.1, 0.15) is 16.7 Å². The molecule has 0 spiro atoms. The van der Waals surface area contributed by atoms with Crippen LogP contribution in [0.4, 0.5) is 10.5 Å². The molecule has 0 unspecified atom stereocenters. The molecule has 2 aromatic carbocycles. The van der Waals surface area contributed by atoms with E-state index in [-0.39, 0.29) is 6.03 Å². The molecular weight excluding hydrogens is 307 g/mol. The molecule has 0 aliphatic carbocycles. The van der Waals surface area contributed by atoms with Crippen LogP contribution in [0.25, 0.3) is 0 Å². The van der Waals surface area contributed by atoms with Crippen LogP contribution in [0.2, 0.25) is 10.0 Å². The number of anilines is 1. The van der Waals surface area contributed by atoms with Crippen molar-refractivity contribution in [3.8, 4) is 0 Å². The molecule has 0 bridgehead atoms. The molecule has 21 heavy (non-hydrogen) atoms. The largest absolute Gasteiger partial charge is 0.334 e. The van der Waals surface area contributed by atoms with Crippen molar-refractivity contribution in [2.45, 2.75) is 20.4 Å². The zero-order chi connectivity index (χ0) is 15.4. The van der Waals surface area contributed by atoms with Crippen molar-refractivity contribution in [3.63, 3.8) is 0 Å². The van der Waals surface area contributed by atoms with Gasteiger partial charge in [-0.3, -0.25) is 0 Å². The summed E-state index contributed by atoms with van der Waals surface area (Å²) in [6.45, 7) is 4.22. The second kappa shape index (κ2) is 6.83. The highest BCUT2D eigenvalue weighted by molar-refractivity contribution is 6.34. The summed E-state index contributed by atoms with van der Waals surface area (Å²) in [5.41, 5.74) is 3.47. The van der Waals surface area contributed by atoms with Crippen molar-refractivity contribution in [3.05, 3.63) is 63.1 Å². The van der Waals surface area contributed by atoms with Gasteiger partial charge in [0.15, 0.2) is 0 Å². The standard InChI is InChI=1S/C16H16Cl2N2O/c1-10-7-11(2)15(14(18)8-10)20-16(21)19-9-12-5-3-4-6-13(12)17/h3-8H,9H2,1-2H3,(H2,19,20,21). The van der Waals surface area contributed by atoms with Crippen molar-refractivity contribution in [2.24, 2.45) is 0 Å². The molecule has 0 aliphatic heterocycles. The van der Waals surface area contributed by atoms with E-state index in [0.717, 1.165) is 16.7 Å². The fraction of sp³-hybridized carbons (Fsp3) is 0.188. The number of carbonyl (C=O) groups is 1. The van der Waals surface area contributed by atoms with Gasteiger partial charge in [-0.25, -0.2) is 4.79 Å². The number of hydrogen-bond acceptors (Lipinski definition) is 1. The average Bonchev–Trinajstić information content (AvgIpc) is 2.42. The Labute approximate surface area is 134 Å². The lowest BCUT2D eigenvalue weighted by Gasteiger charge is -2.13. The Kier molecular flexibility index (Phi) is 5.10.